The van der Waals surface area contributed by atoms with Crippen LogP contribution in [0, 0.1) is 0 Å². The lowest BCUT2D eigenvalue weighted by atomic mass is 9.80. The summed E-state index contributed by atoms with van der Waals surface area (Å²) in [6, 6.07) is 39.6. The fourth-order valence-electron chi connectivity index (χ4n) is 4.91. The zero-order valence-corrected chi connectivity index (χ0v) is 20.9. The first-order chi connectivity index (χ1) is 17.6. The lowest BCUT2D eigenvalue weighted by molar-refractivity contribution is -0.148. The van der Waals surface area contributed by atoms with E-state index in [4.69, 9.17) is 9.47 Å². The number of hydrogen-bond donors (Lipinski definition) is 0. The molecular formula is C31H23BrO4. The van der Waals surface area contributed by atoms with Crippen LogP contribution in [-0.2, 0) is 30.3 Å². The standard InChI is InChI=1S/C31H23BrO4/c32-29-27(22-35-28(34)21-33)30(23-13-5-1-6-14-23,24-15-7-2-8-16-24)36-31(29,25-17-9-3-10-18-25)26-19-11-4-12-20-26/h1-21H,22H2. The van der Waals surface area contributed by atoms with Crippen LogP contribution in [0.3, 0.4) is 0 Å². The van der Waals surface area contributed by atoms with E-state index >= 15 is 0 Å². The van der Waals surface area contributed by atoms with E-state index in [2.05, 4.69) is 15.9 Å². The van der Waals surface area contributed by atoms with Gasteiger partial charge in [-0.05, 0) is 22.3 Å². The molecule has 1 heterocycles. The van der Waals surface area contributed by atoms with Gasteiger partial charge in [-0.25, -0.2) is 4.79 Å². The molecule has 0 saturated carbocycles. The van der Waals surface area contributed by atoms with Gasteiger partial charge < -0.3 is 9.47 Å². The maximum atomic E-state index is 12.0. The Hall–Kier alpha value is -3.80. The largest absolute Gasteiger partial charge is 0.455 e. The second-order valence-corrected chi connectivity index (χ2v) is 9.24. The Labute approximate surface area is 218 Å². The maximum absolute atomic E-state index is 12.0. The Morgan fingerprint density at radius 3 is 1.39 bits per heavy atom. The zero-order chi connectivity index (χ0) is 25.0. The summed E-state index contributed by atoms with van der Waals surface area (Å²) in [5.41, 5.74) is 2.11. The molecule has 0 radical (unpaired) electrons. The first-order valence-electron chi connectivity index (χ1n) is 11.6. The fraction of sp³-hybridized carbons (Fsp3) is 0.0968. The average molecular weight is 539 g/mol. The van der Waals surface area contributed by atoms with Crippen molar-refractivity contribution in [3.8, 4) is 0 Å². The second-order valence-electron chi connectivity index (χ2n) is 8.45. The minimum Gasteiger partial charge on any atom is -0.455 e. The molecule has 0 atom stereocenters. The summed E-state index contributed by atoms with van der Waals surface area (Å²) in [7, 11) is 0. The molecule has 0 aromatic heterocycles. The van der Waals surface area contributed by atoms with Gasteiger partial charge in [0.05, 0.1) is 0 Å². The van der Waals surface area contributed by atoms with Crippen molar-refractivity contribution in [3.63, 3.8) is 0 Å². The second kappa shape index (κ2) is 10.1. The molecule has 4 aromatic carbocycles. The van der Waals surface area contributed by atoms with Crippen LogP contribution in [0.4, 0.5) is 0 Å². The van der Waals surface area contributed by atoms with Crippen molar-refractivity contribution in [3.05, 3.63) is 154 Å². The quantitative estimate of drug-likeness (QED) is 0.157. The molecule has 178 valence electrons. The summed E-state index contributed by atoms with van der Waals surface area (Å²) in [4.78, 5) is 23.1. The van der Waals surface area contributed by atoms with E-state index in [1.807, 2.05) is 121 Å². The molecule has 0 fully saturated rings. The lowest BCUT2D eigenvalue weighted by Gasteiger charge is -2.39. The highest BCUT2D eigenvalue weighted by atomic mass is 79.9. The third-order valence-corrected chi connectivity index (χ3v) is 7.52. The normalized spacial score (nSPS) is 15.9. The third-order valence-electron chi connectivity index (χ3n) is 6.48. The molecule has 0 amide bonds. The number of ether oxygens (including phenoxy) is 2. The third kappa shape index (κ3) is 3.91. The number of esters is 1. The van der Waals surface area contributed by atoms with E-state index in [1.54, 1.807) is 0 Å². The summed E-state index contributed by atoms with van der Waals surface area (Å²) in [6.07, 6.45) is 0.179. The van der Waals surface area contributed by atoms with Crippen molar-refractivity contribution in [1.29, 1.82) is 0 Å². The molecule has 0 aliphatic carbocycles. The molecule has 5 heteroatoms. The minimum absolute atomic E-state index is 0.136. The summed E-state index contributed by atoms with van der Waals surface area (Å²) < 4.78 is 13.5. The number of rotatable bonds is 7. The van der Waals surface area contributed by atoms with E-state index in [1.165, 1.54) is 0 Å². The Bertz CT molecular complexity index is 1300. The number of carbonyl (C=O) groups excluding carboxylic acids is 2. The number of hydrogen-bond acceptors (Lipinski definition) is 4. The van der Waals surface area contributed by atoms with Gasteiger partial charge in [-0.1, -0.05) is 137 Å². The van der Waals surface area contributed by atoms with Crippen molar-refractivity contribution in [2.75, 3.05) is 6.61 Å². The zero-order valence-electron chi connectivity index (χ0n) is 19.3. The van der Waals surface area contributed by atoms with E-state index in [0.717, 1.165) is 26.7 Å². The predicted molar refractivity (Wildman–Crippen MR) is 141 cm³/mol. The van der Waals surface area contributed by atoms with Crippen LogP contribution in [0.1, 0.15) is 22.3 Å². The number of benzene rings is 4. The van der Waals surface area contributed by atoms with Crippen molar-refractivity contribution in [1.82, 2.24) is 0 Å². The van der Waals surface area contributed by atoms with E-state index < -0.39 is 17.2 Å². The van der Waals surface area contributed by atoms with Gasteiger partial charge >= 0.3 is 5.97 Å². The van der Waals surface area contributed by atoms with Crippen LogP contribution in [-0.4, -0.2) is 18.9 Å². The Kier molecular flexibility index (Phi) is 6.68. The first-order valence-corrected chi connectivity index (χ1v) is 12.4. The number of aldehydes is 1. The molecule has 4 aromatic rings. The topological polar surface area (TPSA) is 52.6 Å². The molecule has 5 rings (SSSR count). The van der Waals surface area contributed by atoms with Crippen molar-refractivity contribution >= 4 is 28.2 Å². The summed E-state index contributed by atoms with van der Waals surface area (Å²) in [5.74, 6) is -0.935. The fourth-order valence-corrected chi connectivity index (χ4v) is 5.84. The predicted octanol–water partition coefficient (Wildman–Crippen LogP) is 6.30. The molecule has 1 aliphatic rings. The molecule has 0 bridgehead atoms. The Morgan fingerprint density at radius 2 is 1.03 bits per heavy atom. The molecule has 0 unspecified atom stereocenters. The van der Waals surface area contributed by atoms with Crippen LogP contribution >= 0.6 is 15.9 Å². The minimum atomic E-state index is -1.11. The molecule has 0 N–H and O–H groups in total. The van der Waals surface area contributed by atoms with Gasteiger partial charge in [-0.15, -0.1) is 0 Å². The highest BCUT2D eigenvalue weighted by molar-refractivity contribution is 9.11. The van der Waals surface area contributed by atoms with Gasteiger partial charge in [-0.3, -0.25) is 4.79 Å². The van der Waals surface area contributed by atoms with Crippen LogP contribution in [0.25, 0.3) is 0 Å². The lowest BCUT2D eigenvalue weighted by Crippen LogP contribution is -2.38. The van der Waals surface area contributed by atoms with E-state index in [0.29, 0.717) is 5.57 Å². The van der Waals surface area contributed by atoms with Crippen LogP contribution in [0.15, 0.2) is 131 Å². The smallest absolute Gasteiger partial charge is 0.371 e. The first kappa shape index (κ1) is 23.9. The van der Waals surface area contributed by atoms with Crippen molar-refractivity contribution in [2.45, 2.75) is 11.2 Å². The number of carbonyl (C=O) groups is 2. The monoisotopic (exact) mass is 538 g/mol. The molecule has 36 heavy (non-hydrogen) atoms. The van der Waals surface area contributed by atoms with Crippen LogP contribution in [0.2, 0.25) is 0 Å². The molecular weight excluding hydrogens is 516 g/mol. The molecule has 1 aliphatic heterocycles. The van der Waals surface area contributed by atoms with Gasteiger partial charge in [0, 0.05) is 10.1 Å². The van der Waals surface area contributed by atoms with Gasteiger partial charge in [0.2, 0.25) is 6.29 Å². The summed E-state index contributed by atoms with van der Waals surface area (Å²) in [6.45, 7) is -0.136. The van der Waals surface area contributed by atoms with Crippen LogP contribution in [0.5, 0.6) is 0 Å². The Balaban J connectivity index is 1.86. The average Bonchev–Trinajstić information content (AvgIpc) is 3.23. The SMILES string of the molecule is O=CC(=O)OCC1=C(Br)C(c2ccccc2)(c2ccccc2)OC1(c1ccccc1)c1ccccc1. The van der Waals surface area contributed by atoms with Crippen molar-refractivity contribution < 1.29 is 19.1 Å². The molecule has 0 saturated heterocycles. The summed E-state index contributed by atoms with van der Waals surface area (Å²) >= 11 is 3.92. The van der Waals surface area contributed by atoms with E-state index in [-0.39, 0.29) is 12.9 Å². The van der Waals surface area contributed by atoms with Gasteiger partial charge in [0.15, 0.2) is 5.60 Å². The highest BCUT2D eigenvalue weighted by Gasteiger charge is 2.58. The number of halogens is 1. The van der Waals surface area contributed by atoms with Gasteiger partial charge in [0.1, 0.15) is 12.2 Å². The van der Waals surface area contributed by atoms with E-state index in [9.17, 15) is 9.59 Å². The van der Waals surface area contributed by atoms with Gasteiger partial charge in [-0.2, -0.15) is 0 Å². The highest BCUT2D eigenvalue weighted by Crippen LogP contribution is 2.60. The van der Waals surface area contributed by atoms with Crippen LogP contribution < -0.4 is 0 Å². The molecule has 0 spiro atoms. The summed E-state index contributed by atoms with van der Waals surface area (Å²) in [5, 5.41) is 0. The maximum Gasteiger partial charge on any atom is 0.371 e. The van der Waals surface area contributed by atoms with Gasteiger partial charge in [0.25, 0.3) is 0 Å². The van der Waals surface area contributed by atoms with Crippen molar-refractivity contribution in [2.24, 2.45) is 0 Å². The molecule has 4 nitrogen and oxygen atoms in total. The Morgan fingerprint density at radius 1 is 0.667 bits per heavy atom.